The lowest BCUT2D eigenvalue weighted by Crippen LogP contribution is -2.44. The highest BCUT2D eigenvalue weighted by molar-refractivity contribution is 5.93. The Morgan fingerprint density at radius 1 is 1.31 bits per heavy atom. The summed E-state index contributed by atoms with van der Waals surface area (Å²) in [4.78, 5) is 30.5. The van der Waals surface area contributed by atoms with Crippen LogP contribution in [0, 0.1) is 12.7 Å². The molecule has 0 unspecified atom stereocenters. The number of aromatic nitrogens is 2. The first-order valence-corrected chi connectivity index (χ1v) is 10.8. The summed E-state index contributed by atoms with van der Waals surface area (Å²) in [6.07, 6.45) is 1.44. The topological polar surface area (TPSA) is 107 Å². The van der Waals surface area contributed by atoms with Gasteiger partial charge < -0.3 is 20.1 Å². The van der Waals surface area contributed by atoms with Gasteiger partial charge in [-0.1, -0.05) is 6.92 Å². The van der Waals surface area contributed by atoms with Crippen molar-refractivity contribution in [1.29, 1.82) is 0 Å². The van der Waals surface area contributed by atoms with E-state index in [1.165, 1.54) is 6.07 Å². The Morgan fingerprint density at radius 2 is 2.09 bits per heavy atom. The van der Waals surface area contributed by atoms with Gasteiger partial charge in [0.1, 0.15) is 12.4 Å². The van der Waals surface area contributed by atoms with Gasteiger partial charge in [0.05, 0.1) is 29.0 Å². The van der Waals surface area contributed by atoms with Crippen LogP contribution in [0.4, 0.5) is 4.39 Å². The van der Waals surface area contributed by atoms with E-state index in [1.807, 2.05) is 0 Å². The smallest absolute Gasteiger partial charge is 0.343 e. The molecule has 0 spiro atoms. The maximum absolute atomic E-state index is 14.7. The van der Waals surface area contributed by atoms with E-state index < -0.39 is 11.6 Å². The first-order valence-electron chi connectivity index (χ1n) is 10.8. The van der Waals surface area contributed by atoms with Gasteiger partial charge in [-0.05, 0) is 48.9 Å². The number of ether oxygens (including phenoxy) is 1. The van der Waals surface area contributed by atoms with E-state index in [-0.39, 0.29) is 48.1 Å². The molecule has 0 saturated carbocycles. The summed E-state index contributed by atoms with van der Waals surface area (Å²) in [5.74, 6) is -1.08. The number of carbonyl (C=O) groups excluding carboxylic acids is 1. The number of halogens is 1. The second-order valence-corrected chi connectivity index (χ2v) is 8.96. The Balaban J connectivity index is 1.70. The highest BCUT2D eigenvalue weighted by Crippen LogP contribution is 2.45. The van der Waals surface area contributed by atoms with Crippen molar-refractivity contribution < 1.29 is 19.0 Å². The van der Waals surface area contributed by atoms with Gasteiger partial charge in [-0.3, -0.25) is 4.79 Å². The summed E-state index contributed by atoms with van der Waals surface area (Å²) < 4.78 is 21.4. The van der Waals surface area contributed by atoms with Crippen LogP contribution in [0.25, 0.3) is 22.3 Å². The average molecular weight is 435 g/mol. The van der Waals surface area contributed by atoms with Crippen LogP contribution in [-0.2, 0) is 34.7 Å². The molecule has 3 N–H and O–H groups in total. The van der Waals surface area contributed by atoms with Crippen LogP contribution in [0.5, 0.6) is 0 Å². The number of esters is 1. The molecular formula is C24H22FN3O4. The maximum Gasteiger partial charge on any atom is 0.343 e. The summed E-state index contributed by atoms with van der Waals surface area (Å²) >= 11 is 0. The summed E-state index contributed by atoms with van der Waals surface area (Å²) in [5, 5.41) is 11.9. The number of hydrogen-bond donors (Lipinski definition) is 2. The van der Waals surface area contributed by atoms with Crippen molar-refractivity contribution in [3.63, 3.8) is 0 Å². The number of nitrogens with zero attached hydrogens (tertiary/aromatic N) is 2. The molecular weight excluding hydrogens is 413 g/mol. The molecule has 0 saturated heterocycles. The van der Waals surface area contributed by atoms with E-state index in [0.29, 0.717) is 35.3 Å². The van der Waals surface area contributed by atoms with Crippen molar-refractivity contribution in [1.82, 2.24) is 9.55 Å². The van der Waals surface area contributed by atoms with E-state index in [1.54, 1.807) is 24.5 Å². The third-order valence-electron chi connectivity index (χ3n) is 7.42. The van der Waals surface area contributed by atoms with Crippen LogP contribution in [0.15, 0.2) is 16.9 Å². The highest BCUT2D eigenvalue weighted by atomic mass is 19.1. The standard InChI is InChI=1S/C24H22FN3O4/c1-3-24(31)14-6-18-21-12(8-28(18)22(29)13(14)9-32-23(24)30)19-16(26)5-4-11-10(2)15(25)7-17(27-21)20(11)19/h6-7,16,31H,3-5,8-9,26H2,1-2H3/t16-,24-/m1/s1. The minimum absolute atomic E-state index is 0.0731. The van der Waals surface area contributed by atoms with Gasteiger partial charge in [0, 0.05) is 28.6 Å². The molecule has 4 heterocycles. The third-order valence-corrected chi connectivity index (χ3v) is 7.42. The molecule has 0 bridgehead atoms. The Bertz CT molecular complexity index is 1440. The van der Waals surface area contributed by atoms with Crippen molar-refractivity contribution in [2.24, 2.45) is 5.73 Å². The molecule has 7 nitrogen and oxygen atoms in total. The van der Waals surface area contributed by atoms with Crippen molar-refractivity contribution in [2.75, 3.05) is 0 Å². The van der Waals surface area contributed by atoms with Gasteiger partial charge in [-0.25, -0.2) is 14.2 Å². The molecule has 2 aliphatic heterocycles. The van der Waals surface area contributed by atoms with Crippen molar-refractivity contribution in [2.45, 2.75) is 57.9 Å². The van der Waals surface area contributed by atoms with Crippen LogP contribution in [0.3, 0.4) is 0 Å². The molecule has 0 radical (unpaired) electrons. The molecule has 0 amide bonds. The lowest BCUT2D eigenvalue weighted by atomic mass is 9.82. The van der Waals surface area contributed by atoms with Crippen LogP contribution in [0.2, 0.25) is 0 Å². The molecule has 2 aromatic heterocycles. The molecule has 164 valence electrons. The molecule has 3 aliphatic rings. The fourth-order valence-corrected chi connectivity index (χ4v) is 5.59. The summed E-state index contributed by atoms with van der Waals surface area (Å²) in [6, 6.07) is 2.84. The number of pyridine rings is 2. The maximum atomic E-state index is 14.7. The number of hydrogen-bond acceptors (Lipinski definition) is 6. The Labute approximate surface area is 182 Å². The number of benzene rings is 1. The van der Waals surface area contributed by atoms with Gasteiger partial charge in [0.25, 0.3) is 5.56 Å². The normalized spacial score (nSPS) is 23.0. The molecule has 0 fully saturated rings. The lowest BCUT2D eigenvalue weighted by molar-refractivity contribution is -0.172. The zero-order valence-electron chi connectivity index (χ0n) is 17.8. The largest absolute Gasteiger partial charge is 0.458 e. The summed E-state index contributed by atoms with van der Waals surface area (Å²) in [7, 11) is 0. The summed E-state index contributed by atoms with van der Waals surface area (Å²) in [6.45, 7) is 3.55. The molecule has 8 heteroatoms. The van der Waals surface area contributed by atoms with E-state index in [9.17, 15) is 19.1 Å². The SMILES string of the molecule is CC[C@]1(O)C(=O)OCc2c1cc1n(c2=O)Cc2c-1nc1cc(F)c(C)c3c1c2[C@H](N)CC3. The second-order valence-electron chi connectivity index (χ2n) is 8.96. The Kier molecular flexibility index (Phi) is 3.81. The molecule has 1 aromatic carbocycles. The lowest BCUT2D eigenvalue weighted by Gasteiger charge is -2.31. The van der Waals surface area contributed by atoms with Crippen LogP contribution < -0.4 is 11.3 Å². The van der Waals surface area contributed by atoms with Crippen molar-refractivity contribution >= 4 is 16.9 Å². The van der Waals surface area contributed by atoms with Crippen LogP contribution in [-0.4, -0.2) is 20.6 Å². The van der Waals surface area contributed by atoms with E-state index >= 15 is 0 Å². The summed E-state index contributed by atoms with van der Waals surface area (Å²) in [5.41, 5.74) is 9.72. The minimum Gasteiger partial charge on any atom is -0.458 e. The fraction of sp³-hybridized carbons (Fsp3) is 0.375. The van der Waals surface area contributed by atoms with Crippen molar-refractivity contribution in [3.8, 4) is 11.4 Å². The van der Waals surface area contributed by atoms with Crippen LogP contribution >= 0.6 is 0 Å². The first kappa shape index (κ1) is 19.6. The first-order chi connectivity index (χ1) is 15.3. The zero-order chi connectivity index (χ0) is 22.5. The molecule has 2 atom stereocenters. The number of rotatable bonds is 1. The number of cyclic esters (lactones) is 1. The third kappa shape index (κ3) is 2.23. The number of fused-ring (bicyclic) bond motifs is 5. The number of carbonyl (C=O) groups is 1. The number of aliphatic hydroxyl groups is 1. The van der Waals surface area contributed by atoms with Crippen LogP contribution in [0.1, 0.15) is 59.2 Å². The predicted octanol–water partition coefficient (Wildman–Crippen LogP) is 2.47. The molecule has 32 heavy (non-hydrogen) atoms. The van der Waals surface area contributed by atoms with Gasteiger partial charge in [0.15, 0.2) is 5.60 Å². The highest BCUT2D eigenvalue weighted by Gasteiger charge is 2.45. The molecule has 3 aromatic rings. The quantitative estimate of drug-likeness (QED) is 0.445. The molecule has 6 rings (SSSR count). The minimum atomic E-state index is -1.89. The Hall–Kier alpha value is -3.10. The average Bonchev–Trinajstić information content (AvgIpc) is 3.14. The van der Waals surface area contributed by atoms with Crippen molar-refractivity contribution in [3.05, 3.63) is 61.7 Å². The Morgan fingerprint density at radius 3 is 2.84 bits per heavy atom. The zero-order valence-corrected chi connectivity index (χ0v) is 17.8. The van der Waals surface area contributed by atoms with E-state index in [2.05, 4.69) is 0 Å². The molecule has 1 aliphatic carbocycles. The second kappa shape index (κ2) is 6.24. The van der Waals surface area contributed by atoms with Gasteiger partial charge in [0.2, 0.25) is 0 Å². The monoisotopic (exact) mass is 435 g/mol. The van der Waals surface area contributed by atoms with E-state index in [4.69, 9.17) is 15.5 Å². The number of aryl methyl sites for hydroxylation is 1. The predicted molar refractivity (Wildman–Crippen MR) is 114 cm³/mol. The van der Waals surface area contributed by atoms with Gasteiger partial charge >= 0.3 is 5.97 Å². The van der Waals surface area contributed by atoms with Gasteiger partial charge in [-0.15, -0.1) is 0 Å². The van der Waals surface area contributed by atoms with Gasteiger partial charge in [-0.2, -0.15) is 0 Å². The van der Waals surface area contributed by atoms with E-state index in [0.717, 1.165) is 22.1 Å². The number of nitrogens with two attached hydrogens (primary N) is 1. The fourth-order valence-electron chi connectivity index (χ4n) is 5.59.